The summed E-state index contributed by atoms with van der Waals surface area (Å²) in [6, 6.07) is 14.9. The fourth-order valence-electron chi connectivity index (χ4n) is 2.82. The van der Waals surface area contributed by atoms with Gasteiger partial charge in [-0.15, -0.1) is 13.2 Å². The summed E-state index contributed by atoms with van der Waals surface area (Å²) < 4.78 is 40.6. The topological polar surface area (TPSA) is 102 Å². The monoisotopic (exact) mass is 452 g/mol. The first kappa shape index (κ1) is 21.7. The van der Waals surface area contributed by atoms with E-state index in [-0.39, 0.29) is 5.56 Å². The van der Waals surface area contributed by atoms with E-state index in [1.54, 1.807) is 48.8 Å². The molecule has 4 rings (SSSR count). The third-order valence-corrected chi connectivity index (χ3v) is 4.23. The largest absolute Gasteiger partial charge is 0.573 e. The minimum Gasteiger partial charge on any atom is -0.406 e. The second-order valence-electron chi connectivity index (χ2n) is 6.59. The Labute approximate surface area is 185 Å². The second-order valence-corrected chi connectivity index (χ2v) is 6.59. The van der Waals surface area contributed by atoms with E-state index in [1.807, 2.05) is 0 Å². The van der Waals surface area contributed by atoms with Gasteiger partial charge in [0.15, 0.2) is 0 Å². The molecule has 4 aromatic rings. The van der Waals surface area contributed by atoms with Crippen molar-refractivity contribution in [3.8, 4) is 17.1 Å². The molecule has 0 atom stereocenters. The van der Waals surface area contributed by atoms with Crippen LogP contribution in [0, 0.1) is 0 Å². The molecule has 2 heterocycles. The lowest BCUT2D eigenvalue weighted by Gasteiger charge is -2.11. The molecule has 33 heavy (non-hydrogen) atoms. The average Bonchev–Trinajstić information content (AvgIpc) is 2.79. The zero-order chi connectivity index (χ0) is 23.3. The summed E-state index contributed by atoms with van der Waals surface area (Å²) in [7, 11) is 0. The van der Waals surface area contributed by atoms with Crippen molar-refractivity contribution in [1.82, 2.24) is 19.9 Å². The Morgan fingerprint density at radius 1 is 0.879 bits per heavy atom. The first-order chi connectivity index (χ1) is 15.9. The maximum atomic E-state index is 12.5. The lowest BCUT2D eigenvalue weighted by atomic mass is 10.2. The second kappa shape index (κ2) is 9.30. The number of alkyl halides is 3. The highest BCUT2D eigenvalue weighted by molar-refractivity contribution is 6.04. The van der Waals surface area contributed by atoms with Gasteiger partial charge < -0.3 is 15.4 Å². The lowest BCUT2D eigenvalue weighted by Crippen LogP contribution is -2.17. The van der Waals surface area contributed by atoms with Gasteiger partial charge in [0, 0.05) is 29.3 Å². The van der Waals surface area contributed by atoms with Crippen LogP contribution in [0.5, 0.6) is 5.75 Å². The van der Waals surface area contributed by atoms with Crippen LogP contribution in [0.1, 0.15) is 10.4 Å². The molecule has 11 heteroatoms. The third kappa shape index (κ3) is 6.00. The van der Waals surface area contributed by atoms with Crippen LogP contribution in [0.25, 0.3) is 11.4 Å². The van der Waals surface area contributed by atoms with E-state index in [4.69, 9.17) is 0 Å². The molecule has 0 unspecified atom stereocenters. The van der Waals surface area contributed by atoms with Gasteiger partial charge in [0.1, 0.15) is 12.1 Å². The van der Waals surface area contributed by atoms with Crippen molar-refractivity contribution in [1.29, 1.82) is 0 Å². The molecular weight excluding hydrogens is 437 g/mol. The highest BCUT2D eigenvalue weighted by Crippen LogP contribution is 2.24. The normalized spacial score (nSPS) is 11.0. The molecule has 0 spiro atoms. The number of nitrogens with zero attached hydrogens (tertiary/aromatic N) is 4. The Balaban J connectivity index is 1.44. The molecule has 8 nitrogen and oxygen atoms in total. The molecule has 0 fully saturated rings. The summed E-state index contributed by atoms with van der Waals surface area (Å²) in [5.74, 6) is -0.572. The molecule has 0 aliphatic carbocycles. The molecule has 0 saturated carbocycles. The Morgan fingerprint density at radius 2 is 1.64 bits per heavy atom. The number of aromatic nitrogens is 4. The summed E-state index contributed by atoms with van der Waals surface area (Å²) in [5.41, 5.74) is 2.50. The van der Waals surface area contributed by atoms with E-state index in [2.05, 4.69) is 35.3 Å². The molecule has 0 aliphatic heterocycles. The first-order valence-electron chi connectivity index (χ1n) is 9.49. The Bertz CT molecular complexity index is 1250. The number of anilines is 3. The summed E-state index contributed by atoms with van der Waals surface area (Å²) in [6.07, 6.45) is -0.173. The van der Waals surface area contributed by atoms with Crippen LogP contribution in [0.4, 0.5) is 30.5 Å². The highest BCUT2D eigenvalue weighted by Gasteiger charge is 2.31. The number of hydrogen-bond acceptors (Lipinski definition) is 7. The van der Waals surface area contributed by atoms with Crippen molar-refractivity contribution < 1.29 is 22.7 Å². The van der Waals surface area contributed by atoms with Crippen LogP contribution in [-0.2, 0) is 0 Å². The Kier molecular flexibility index (Phi) is 6.11. The van der Waals surface area contributed by atoms with Crippen LogP contribution >= 0.6 is 0 Å². The molecule has 0 saturated heterocycles. The zero-order valence-corrected chi connectivity index (χ0v) is 16.7. The molecule has 1 amide bonds. The number of carbonyl (C=O) groups excluding carboxylic acids is 1. The summed E-state index contributed by atoms with van der Waals surface area (Å²) >= 11 is 0. The van der Waals surface area contributed by atoms with Crippen molar-refractivity contribution in [2.45, 2.75) is 6.36 Å². The lowest BCUT2D eigenvalue weighted by molar-refractivity contribution is -0.274. The van der Waals surface area contributed by atoms with Crippen molar-refractivity contribution >= 4 is 23.2 Å². The Morgan fingerprint density at radius 3 is 2.36 bits per heavy atom. The predicted molar refractivity (Wildman–Crippen MR) is 114 cm³/mol. The zero-order valence-electron chi connectivity index (χ0n) is 16.7. The van der Waals surface area contributed by atoms with Gasteiger partial charge in [0.25, 0.3) is 5.91 Å². The minimum absolute atomic E-state index is 0.170. The van der Waals surface area contributed by atoms with E-state index in [1.165, 1.54) is 18.5 Å². The van der Waals surface area contributed by atoms with Crippen molar-refractivity contribution in [2.75, 3.05) is 10.6 Å². The molecule has 2 N–H and O–H groups in total. The summed E-state index contributed by atoms with van der Waals surface area (Å²) in [6.45, 7) is 0. The highest BCUT2D eigenvalue weighted by atomic mass is 19.4. The number of halogens is 3. The summed E-state index contributed by atoms with van der Waals surface area (Å²) in [4.78, 5) is 29.1. The molecule has 2 aromatic heterocycles. The van der Waals surface area contributed by atoms with Gasteiger partial charge >= 0.3 is 6.36 Å². The van der Waals surface area contributed by atoms with Crippen molar-refractivity contribution in [3.05, 3.63) is 84.9 Å². The Hall–Kier alpha value is -4.54. The van der Waals surface area contributed by atoms with Crippen LogP contribution in [-0.4, -0.2) is 32.2 Å². The first-order valence-corrected chi connectivity index (χ1v) is 9.49. The number of carbonyl (C=O) groups is 1. The van der Waals surface area contributed by atoms with Crippen LogP contribution in [0.3, 0.4) is 0 Å². The van der Waals surface area contributed by atoms with Crippen LogP contribution < -0.4 is 15.4 Å². The van der Waals surface area contributed by atoms with Gasteiger partial charge in [0.2, 0.25) is 5.95 Å². The van der Waals surface area contributed by atoms with Crippen LogP contribution in [0.2, 0.25) is 0 Å². The van der Waals surface area contributed by atoms with Crippen LogP contribution in [0.15, 0.2) is 79.4 Å². The number of hydrogen-bond donors (Lipinski definition) is 2. The molecule has 0 radical (unpaired) electrons. The number of rotatable bonds is 6. The van der Waals surface area contributed by atoms with Gasteiger partial charge in [0.05, 0.1) is 11.4 Å². The van der Waals surface area contributed by atoms with Gasteiger partial charge in [-0.25, -0.2) is 19.9 Å². The average molecular weight is 452 g/mol. The van der Waals surface area contributed by atoms with E-state index in [0.29, 0.717) is 28.7 Å². The molecule has 166 valence electrons. The fourth-order valence-corrected chi connectivity index (χ4v) is 2.82. The molecule has 0 bridgehead atoms. The van der Waals surface area contributed by atoms with Crippen molar-refractivity contribution in [3.63, 3.8) is 0 Å². The minimum atomic E-state index is -4.80. The predicted octanol–water partition coefficient (Wildman–Crippen LogP) is 4.83. The maximum absolute atomic E-state index is 12.5. The molecule has 2 aromatic carbocycles. The molecule has 0 aliphatic rings. The third-order valence-electron chi connectivity index (χ3n) is 4.23. The van der Waals surface area contributed by atoms with Gasteiger partial charge in [-0.3, -0.25) is 4.79 Å². The fraction of sp³-hybridized carbons (Fsp3) is 0.0455. The smallest absolute Gasteiger partial charge is 0.406 e. The van der Waals surface area contributed by atoms with Gasteiger partial charge in [-0.05, 0) is 54.6 Å². The maximum Gasteiger partial charge on any atom is 0.573 e. The van der Waals surface area contributed by atoms with E-state index in [0.717, 1.165) is 12.1 Å². The molecular formula is C22H15F3N6O2. The van der Waals surface area contributed by atoms with E-state index in [9.17, 15) is 18.0 Å². The van der Waals surface area contributed by atoms with Gasteiger partial charge in [-0.1, -0.05) is 6.07 Å². The quantitative estimate of drug-likeness (QED) is 0.432. The van der Waals surface area contributed by atoms with Crippen molar-refractivity contribution in [2.24, 2.45) is 0 Å². The SMILES string of the molecule is O=C(Nc1cccc(Nc2nccc(-c3ccncn3)n2)c1)c1ccc(OC(F)(F)F)cc1. The number of ether oxygens (including phenoxy) is 1. The number of benzene rings is 2. The van der Waals surface area contributed by atoms with Gasteiger partial charge in [-0.2, -0.15) is 0 Å². The van der Waals surface area contributed by atoms with E-state index < -0.39 is 18.0 Å². The standard InChI is InChI=1S/C22H15F3N6O2/c23-22(24,25)33-17-6-4-14(5-7-17)20(32)29-15-2-1-3-16(12-15)30-21-27-11-9-19(31-21)18-8-10-26-13-28-18/h1-13H,(H,29,32)(H,27,30,31). The number of amides is 1. The number of nitrogens with one attached hydrogen (secondary N) is 2. The van der Waals surface area contributed by atoms with E-state index >= 15 is 0 Å². The summed E-state index contributed by atoms with van der Waals surface area (Å²) in [5, 5.41) is 5.75.